The summed E-state index contributed by atoms with van der Waals surface area (Å²) in [6.45, 7) is 2.02. The highest BCUT2D eigenvalue weighted by atomic mass is 16.2. The average Bonchev–Trinajstić information content (AvgIpc) is 3.04. The fraction of sp³-hybridized carbons (Fsp3) is 0.150. The third-order valence-electron chi connectivity index (χ3n) is 4.11. The number of carbonyl (C=O) groups is 2. The summed E-state index contributed by atoms with van der Waals surface area (Å²) >= 11 is 0. The maximum Gasteiger partial charge on any atom is 0.276 e. The lowest BCUT2D eigenvalue weighted by Gasteiger charge is -2.08. The standard InChI is InChI=1S/C20H20N4O2/c1-13-8-10-14(11-9-13)18-12-17(23-24(18)3)20(26)22-16-7-5-4-6-15(16)19(25)21-2/h4-12H,1-3H3,(H,21,25)(H,22,26). The molecule has 0 spiro atoms. The molecule has 0 saturated carbocycles. The summed E-state index contributed by atoms with van der Waals surface area (Å²) in [5.41, 5.74) is 4.12. The number of hydrogen-bond acceptors (Lipinski definition) is 3. The number of aryl methyl sites for hydroxylation is 2. The molecule has 0 saturated heterocycles. The average molecular weight is 348 g/mol. The number of nitrogens with one attached hydrogen (secondary N) is 2. The second-order valence-electron chi connectivity index (χ2n) is 5.98. The van der Waals surface area contributed by atoms with Gasteiger partial charge in [-0.1, -0.05) is 42.0 Å². The molecule has 6 heteroatoms. The first-order valence-corrected chi connectivity index (χ1v) is 8.23. The van der Waals surface area contributed by atoms with Crippen molar-refractivity contribution in [3.05, 3.63) is 71.4 Å². The molecule has 1 aromatic heterocycles. The minimum absolute atomic E-state index is 0.262. The Hall–Kier alpha value is -3.41. The number of para-hydroxylation sites is 1. The van der Waals surface area contributed by atoms with Crippen molar-refractivity contribution in [1.29, 1.82) is 0 Å². The molecular weight excluding hydrogens is 328 g/mol. The minimum atomic E-state index is -0.365. The van der Waals surface area contributed by atoms with Crippen molar-refractivity contribution in [2.45, 2.75) is 6.92 Å². The molecule has 0 aliphatic heterocycles. The number of carbonyl (C=O) groups excluding carboxylic acids is 2. The number of aromatic nitrogens is 2. The zero-order valence-corrected chi connectivity index (χ0v) is 14.9. The van der Waals surface area contributed by atoms with Gasteiger partial charge < -0.3 is 10.6 Å². The third-order valence-corrected chi connectivity index (χ3v) is 4.11. The molecule has 0 radical (unpaired) electrons. The van der Waals surface area contributed by atoms with E-state index in [0.717, 1.165) is 11.3 Å². The Morgan fingerprint density at radius 1 is 1.00 bits per heavy atom. The van der Waals surface area contributed by atoms with Crippen LogP contribution in [0.3, 0.4) is 0 Å². The second kappa shape index (κ2) is 7.23. The van der Waals surface area contributed by atoms with E-state index in [-0.39, 0.29) is 17.5 Å². The Morgan fingerprint density at radius 2 is 1.69 bits per heavy atom. The maximum absolute atomic E-state index is 12.6. The van der Waals surface area contributed by atoms with E-state index in [2.05, 4.69) is 15.7 Å². The monoisotopic (exact) mass is 348 g/mol. The Bertz CT molecular complexity index is 958. The number of rotatable bonds is 4. The van der Waals surface area contributed by atoms with Gasteiger partial charge in [0, 0.05) is 14.1 Å². The molecule has 0 bridgehead atoms. The number of amides is 2. The molecule has 1 heterocycles. The van der Waals surface area contributed by atoms with Crippen LogP contribution in [-0.4, -0.2) is 28.6 Å². The SMILES string of the molecule is CNC(=O)c1ccccc1NC(=O)c1cc(-c2ccc(C)cc2)n(C)n1. The molecule has 132 valence electrons. The van der Waals surface area contributed by atoms with E-state index in [4.69, 9.17) is 0 Å². The van der Waals surface area contributed by atoms with Gasteiger partial charge in [0.25, 0.3) is 11.8 Å². The van der Waals surface area contributed by atoms with Crippen molar-refractivity contribution in [3.8, 4) is 11.3 Å². The molecule has 2 aromatic carbocycles. The smallest absolute Gasteiger partial charge is 0.276 e. The normalized spacial score (nSPS) is 10.4. The van der Waals surface area contributed by atoms with Crippen molar-refractivity contribution < 1.29 is 9.59 Å². The van der Waals surface area contributed by atoms with Crippen LogP contribution in [0.5, 0.6) is 0 Å². The summed E-state index contributed by atoms with van der Waals surface area (Å²) < 4.78 is 1.67. The third kappa shape index (κ3) is 3.49. The van der Waals surface area contributed by atoms with Gasteiger partial charge in [-0.3, -0.25) is 14.3 Å². The quantitative estimate of drug-likeness (QED) is 0.761. The lowest BCUT2D eigenvalue weighted by Crippen LogP contribution is -2.21. The van der Waals surface area contributed by atoms with Crippen LogP contribution in [-0.2, 0) is 7.05 Å². The Kier molecular flexibility index (Phi) is 4.84. The van der Waals surface area contributed by atoms with Gasteiger partial charge in [-0.25, -0.2) is 0 Å². The molecule has 0 atom stereocenters. The van der Waals surface area contributed by atoms with Crippen LogP contribution < -0.4 is 10.6 Å². The summed E-state index contributed by atoms with van der Waals surface area (Å²) in [4.78, 5) is 24.6. The molecule has 0 aliphatic rings. The molecule has 3 aromatic rings. The molecule has 2 amide bonds. The minimum Gasteiger partial charge on any atom is -0.355 e. The van der Waals surface area contributed by atoms with Crippen molar-refractivity contribution in [3.63, 3.8) is 0 Å². The van der Waals surface area contributed by atoms with E-state index in [1.54, 1.807) is 49.1 Å². The highest BCUT2D eigenvalue weighted by molar-refractivity contribution is 6.08. The number of nitrogens with zero attached hydrogens (tertiary/aromatic N) is 2. The Morgan fingerprint density at radius 3 is 2.38 bits per heavy atom. The van der Waals surface area contributed by atoms with Crippen molar-refractivity contribution in [2.75, 3.05) is 12.4 Å². The number of hydrogen-bond donors (Lipinski definition) is 2. The predicted molar refractivity (Wildman–Crippen MR) is 101 cm³/mol. The molecule has 3 rings (SSSR count). The van der Waals surface area contributed by atoms with Crippen LogP contribution in [0.15, 0.2) is 54.6 Å². The number of anilines is 1. The Balaban J connectivity index is 1.87. The molecule has 26 heavy (non-hydrogen) atoms. The summed E-state index contributed by atoms with van der Waals surface area (Å²) in [7, 11) is 3.35. The second-order valence-corrected chi connectivity index (χ2v) is 5.98. The lowest BCUT2D eigenvalue weighted by molar-refractivity contribution is 0.0964. The first kappa shape index (κ1) is 17.4. The van der Waals surface area contributed by atoms with Crippen molar-refractivity contribution >= 4 is 17.5 Å². The highest BCUT2D eigenvalue weighted by Gasteiger charge is 2.17. The van der Waals surface area contributed by atoms with Crippen LogP contribution in [0.1, 0.15) is 26.4 Å². The van der Waals surface area contributed by atoms with E-state index in [1.165, 1.54) is 5.56 Å². The Labute approximate surface area is 151 Å². The van der Waals surface area contributed by atoms with Crippen molar-refractivity contribution in [2.24, 2.45) is 7.05 Å². The molecule has 6 nitrogen and oxygen atoms in total. The van der Waals surface area contributed by atoms with Gasteiger partial charge in [-0.05, 0) is 30.7 Å². The van der Waals surface area contributed by atoms with Gasteiger partial charge >= 0.3 is 0 Å². The fourth-order valence-corrected chi connectivity index (χ4v) is 2.68. The predicted octanol–water partition coefficient (Wildman–Crippen LogP) is 3.01. The van der Waals surface area contributed by atoms with Crippen LogP contribution in [0.25, 0.3) is 11.3 Å². The largest absolute Gasteiger partial charge is 0.355 e. The molecule has 0 aliphatic carbocycles. The van der Waals surface area contributed by atoms with Crippen LogP contribution >= 0.6 is 0 Å². The summed E-state index contributed by atoms with van der Waals surface area (Å²) in [5.74, 6) is -0.627. The van der Waals surface area contributed by atoms with E-state index in [9.17, 15) is 9.59 Å². The topological polar surface area (TPSA) is 76.0 Å². The molecule has 0 fully saturated rings. The van der Waals surface area contributed by atoms with Gasteiger partial charge in [-0.2, -0.15) is 5.10 Å². The van der Waals surface area contributed by atoms with Crippen LogP contribution in [0, 0.1) is 6.92 Å². The fourth-order valence-electron chi connectivity index (χ4n) is 2.68. The summed E-state index contributed by atoms with van der Waals surface area (Å²) in [6, 6.07) is 16.6. The molecule has 2 N–H and O–H groups in total. The first-order chi connectivity index (χ1) is 12.5. The van der Waals surface area contributed by atoms with Gasteiger partial charge in [-0.15, -0.1) is 0 Å². The van der Waals surface area contributed by atoms with Crippen LogP contribution in [0.2, 0.25) is 0 Å². The van der Waals surface area contributed by atoms with Gasteiger partial charge in [0.05, 0.1) is 16.9 Å². The van der Waals surface area contributed by atoms with E-state index in [1.807, 2.05) is 31.2 Å². The number of benzene rings is 2. The molecular formula is C20H20N4O2. The van der Waals surface area contributed by atoms with E-state index in [0.29, 0.717) is 11.3 Å². The van der Waals surface area contributed by atoms with Crippen molar-refractivity contribution in [1.82, 2.24) is 15.1 Å². The van der Waals surface area contributed by atoms with Gasteiger partial charge in [0.15, 0.2) is 5.69 Å². The van der Waals surface area contributed by atoms with Crippen LogP contribution in [0.4, 0.5) is 5.69 Å². The first-order valence-electron chi connectivity index (χ1n) is 8.23. The highest BCUT2D eigenvalue weighted by Crippen LogP contribution is 2.21. The zero-order chi connectivity index (χ0) is 18.7. The zero-order valence-electron chi connectivity index (χ0n) is 14.9. The van der Waals surface area contributed by atoms with E-state index >= 15 is 0 Å². The van der Waals surface area contributed by atoms with E-state index < -0.39 is 0 Å². The molecule has 0 unspecified atom stereocenters. The van der Waals surface area contributed by atoms with Gasteiger partial charge in [0.1, 0.15) is 0 Å². The van der Waals surface area contributed by atoms with Gasteiger partial charge in [0.2, 0.25) is 0 Å². The lowest BCUT2D eigenvalue weighted by atomic mass is 10.1. The summed E-state index contributed by atoms with van der Waals surface area (Å²) in [5, 5.41) is 9.64. The summed E-state index contributed by atoms with van der Waals surface area (Å²) in [6.07, 6.45) is 0. The maximum atomic E-state index is 12.6.